The Kier molecular flexibility index (Phi) is 6.76. The molecule has 3 rings (SSSR count). The molecule has 9 nitrogen and oxygen atoms in total. The zero-order valence-corrected chi connectivity index (χ0v) is 17.5. The van der Waals surface area contributed by atoms with Gasteiger partial charge in [-0.15, -0.1) is 0 Å². The molecule has 3 N–H and O–H groups in total. The van der Waals surface area contributed by atoms with Crippen LogP contribution in [0.15, 0.2) is 48.7 Å². The van der Waals surface area contributed by atoms with Crippen molar-refractivity contribution in [2.75, 3.05) is 26.6 Å². The van der Waals surface area contributed by atoms with Gasteiger partial charge < -0.3 is 25.3 Å². The van der Waals surface area contributed by atoms with Gasteiger partial charge in [0.15, 0.2) is 11.5 Å². The Morgan fingerprint density at radius 3 is 2.48 bits per heavy atom. The highest BCUT2D eigenvalue weighted by Gasteiger charge is 2.16. The molecule has 0 saturated carbocycles. The fourth-order valence-electron chi connectivity index (χ4n) is 2.97. The number of hydrogen-bond acceptors (Lipinski definition) is 7. The number of nitrogen functional groups attached to an aromatic ring is 1. The lowest BCUT2D eigenvalue weighted by molar-refractivity contribution is 0.0601. The van der Waals surface area contributed by atoms with Crippen LogP contribution in [0, 0.1) is 0 Å². The molecule has 0 aliphatic heterocycles. The van der Waals surface area contributed by atoms with Crippen LogP contribution in [0.5, 0.6) is 11.5 Å². The van der Waals surface area contributed by atoms with E-state index in [2.05, 4.69) is 15.2 Å². The summed E-state index contributed by atoms with van der Waals surface area (Å²) >= 11 is 0. The third kappa shape index (κ3) is 4.77. The van der Waals surface area contributed by atoms with E-state index in [9.17, 15) is 9.59 Å². The maximum absolute atomic E-state index is 12.5. The molecule has 0 unspecified atom stereocenters. The fraction of sp³-hybridized carbons (Fsp3) is 0.227. The number of carbonyl (C=O) groups excluding carboxylic acids is 2. The minimum Gasteiger partial charge on any atom is -0.493 e. The zero-order valence-electron chi connectivity index (χ0n) is 17.5. The smallest absolute Gasteiger partial charge is 0.343 e. The van der Waals surface area contributed by atoms with Crippen LogP contribution in [0.1, 0.15) is 33.2 Å². The predicted octanol–water partition coefficient (Wildman–Crippen LogP) is 2.58. The molecule has 0 saturated heterocycles. The summed E-state index contributed by atoms with van der Waals surface area (Å²) in [5.74, 6) is 0.633. The summed E-state index contributed by atoms with van der Waals surface area (Å²) in [5, 5.41) is 6.99. The number of esters is 1. The Balaban J connectivity index is 1.68. The number of amides is 1. The molecule has 3 aromatic rings. The van der Waals surface area contributed by atoms with Crippen molar-refractivity contribution in [1.29, 1.82) is 0 Å². The van der Waals surface area contributed by atoms with Gasteiger partial charge >= 0.3 is 5.97 Å². The van der Waals surface area contributed by atoms with Crippen molar-refractivity contribution < 1.29 is 23.8 Å². The first kappa shape index (κ1) is 21.7. The molecule has 31 heavy (non-hydrogen) atoms. The van der Waals surface area contributed by atoms with Crippen LogP contribution in [0.4, 0.5) is 5.82 Å². The second kappa shape index (κ2) is 9.66. The number of nitrogens with two attached hydrogens (primary N) is 1. The van der Waals surface area contributed by atoms with E-state index in [0.29, 0.717) is 35.9 Å². The first-order valence-electron chi connectivity index (χ1n) is 9.58. The number of aromatic nitrogens is 2. The standard InChI is InChI=1S/C22H24N4O5/c1-4-31-19-11-14(5-10-18(19)29-2)12-24-21(27)15-6-8-16(9-7-15)26-20(23)17(13-25-26)22(28)30-3/h5-11,13H,4,12,23H2,1-3H3,(H,24,27). The number of methoxy groups -OCH3 is 2. The van der Waals surface area contributed by atoms with Gasteiger partial charge in [-0.2, -0.15) is 5.10 Å². The second-order valence-electron chi connectivity index (χ2n) is 6.49. The van der Waals surface area contributed by atoms with Crippen LogP contribution in [0.25, 0.3) is 5.69 Å². The lowest BCUT2D eigenvalue weighted by atomic mass is 10.1. The first-order chi connectivity index (χ1) is 15.0. The Labute approximate surface area is 179 Å². The summed E-state index contributed by atoms with van der Waals surface area (Å²) in [6.45, 7) is 2.74. The molecular formula is C22H24N4O5. The molecule has 9 heteroatoms. The molecule has 1 aromatic heterocycles. The monoisotopic (exact) mass is 424 g/mol. The van der Waals surface area contributed by atoms with Crippen LogP contribution in [0.3, 0.4) is 0 Å². The van der Waals surface area contributed by atoms with E-state index in [1.165, 1.54) is 18.0 Å². The van der Waals surface area contributed by atoms with Crippen molar-refractivity contribution in [3.05, 3.63) is 65.4 Å². The molecule has 0 radical (unpaired) electrons. The molecule has 162 valence electrons. The number of nitrogens with zero attached hydrogens (tertiary/aromatic N) is 2. The van der Waals surface area contributed by atoms with Gasteiger partial charge in [0, 0.05) is 12.1 Å². The predicted molar refractivity (Wildman–Crippen MR) is 115 cm³/mol. The van der Waals surface area contributed by atoms with Crippen molar-refractivity contribution in [1.82, 2.24) is 15.1 Å². The molecule has 0 atom stereocenters. The first-order valence-corrected chi connectivity index (χ1v) is 9.58. The van der Waals surface area contributed by atoms with E-state index in [1.807, 2.05) is 19.1 Å². The summed E-state index contributed by atoms with van der Waals surface area (Å²) in [6.07, 6.45) is 1.34. The van der Waals surface area contributed by atoms with Crippen molar-refractivity contribution in [2.24, 2.45) is 0 Å². The molecule has 2 aromatic carbocycles. The van der Waals surface area contributed by atoms with Crippen LogP contribution in [0.2, 0.25) is 0 Å². The summed E-state index contributed by atoms with van der Waals surface area (Å²) in [5.41, 5.74) is 8.12. The molecule has 1 amide bonds. The van der Waals surface area contributed by atoms with Crippen LogP contribution in [-0.2, 0) is 11.3 Å². The lowest BCUT2D eigenvalue weighted by Crippen LogP contribution is -2.22. The highest BCUT2D eigenvalue weighted by atomic mass is 16.5. The van der Waals surface area contributed by atoms with Crippen molar-refractivity contribution in [3.63, 3.8) is 0 Å². The second-order valence-corrected chi connectivity index (χ2v) is 6.49. The highest BCUT2D eigenvalue weighted by Crippen LogP contribution is 2.28. The van der Waals surface area contributed by atoms with E-state index in [-0.39, 0.29) is 17.3 Å². The number of carbonyl (C=O) groups is 2. The van der Waals surface area contributed by atoms with Gasteiger partial charge in [0.2, 0.25) is 0 Å². The average molecular weight is 424 g/mol. The van der Waals surface area contributed by atoms with Gasteiger partial charge in [-0.25, -0.2) is 9.48 Å². The molecular weight excluding hydrogens is 400 g/mol. The lowest BCUT2D eigenvalue weighted by Gasteiger charge is -2.12. The van der Waals surface area contributed by atoms with E-state index in [1.54, 1.807) is 37.4 Å². The van der Waals surface area contributed by atoms with Crippen molar-refractivity contribution in [2.45, 2.75) is 13.5 Å². The summed E-state index contributed by atoms with van der Waals surface area (Å²) in [4.78, 5) is 24.2. The number of rotatable bonds is 8. The SMILES string of the molecule is CCOc1cc(CNC(=O)c2ccc(-n3ncc(C(=O)OC)c3N)cc2)ccc1OC. The topological polar surface area (TPSA) is 118 Å². The number of benzene rings is 2. The van der Waals surface area contributed by atoms with Gasteiger partial charge in [-0.3, -0.25) is 4.79 Å². The minimum absolute atomic E-state index is 0.161. The normalized spacial score (nSPS) is 10.4. The zero-order chi connectivity index (χ0) is 22.4. The van der Waals surface area contributed by atoms with Crippen LogP contribution >= 0.6 is 0 Å². The Hall–Kier alpha value is -4.01. The molecule has 0 bridgehead atoms. The van der Waals surface area contributed by atoms with Gasteiger partial charge in [-0.05, 0) is 48.9 Å². The average Bonchev–Trinajstić information content (AvgIpc) is 3.18. The van der Waals surface area contributed by atoms with Gasteiger partial charge in [0.25, 0.3) is 5.91 Å². The number of nitrogens with one attached hydrogen (secondary N) is 1. The number of anilines is 1. The molecule has 0 fully saturated rings. The fourth-order valence-corrected chi connectivity index (χ4v) is 2.97. The van der Waals surface area contributed by atoms with E-state index >= 15 is 0 Å². The molecule has 0 aliphatic rings. The third-order valence-electron chi connectivity index (χ3n) is 4.57. The third-order valence-corrected chi connectivity index (χ3v) is 4.57. The maximum atomic E-state index is 12.5. The van der Waals surface area contributed by atoms with Gasteiger partial charge in [-0.1, -0.05) is 6.07 Å². The maximum Gasteiger partial charge on any atom is 0.343 e. The summed E-state index contributed by atoms with van der Waals surface area (Å²) < 4.78 is 16.9. The number of hydrogen-bond donors (Lipinski definition) is 2. The van der Waals surface area contributed by atoms with E-state index < -0.39 is 5.97 Å². The quantitative estimate of drug-likeness (QED) is 0.534. The largest absolute Gasteiger partial charge is 0.493 e. The van der Waals surface area contributed by atoms with Gasteiger partial charge in [0.05, 0.1) is 32.7 Å². The van der Waals surface area contributed by atoms with E-state index in [4.69, 9.17) is 15.2 Å². The highest BCUT2D eigenvalue weighted by molar-refractivity contribution is 5.95. The summed E-state index contributed by atoms with van der Waals surface area (Å²) in [6, 6.07) is 12.2. The van der Waals surface area contributed by atoms with Crippen molar-refractivity contribution >= 4 is 17.7 Å². The Morgan fingerprint density at radius 1 is 1.10 bits per heavy atom. The van der Waals surface area contributed by atoms with E-state index in [0.717, 1.165) is 5.56 Å². The van der Waals surface area contributed by atoms with Crippen molar-refractivity contribution in [3.8, 4) is 17.2 Å². The Morgan fingerprint density at radius 2 is 1.84 bits per heavy atom. The van der Waals surface area contributed by atoms with Crippen LogP contribution < -0.4 is 20.5 Å². The summed E-state index contributed by atoms with van der Waals surface area (Å²) in [7, 11) is 2.85. The molecule has 0 aliphatic carbocycles. The molecule has 0 spiro atoms. The minimum atomic E-state index is -0.564. The van der Waals surface area contributed by atoms with Gasteiger partial charge in [0.1, 0.15) is 11.4 Å². The molecule has 1 heterocycles. The Bertz CT molecular complexity index is 1080. The number of ether oxygens (including phenoxy) is 3. The van der Waals surface area contributed by atoms with Crippen LogP contribution in [-0.4, -0.2) is 42.5 Å².